The van der Waals surface area contributed by atoms with Crippen LogP contribution in [0, 0.1) is 0 Å². The molecule has 0 amide bonds. The lowest BCUT2D eigenvalue weighted by Gasteiger charge is -2.54. The Morgan fingerprint density at radius 2 is 1.00 bits per heavy atom. The van der Waals surface area contributed by atoms with Gasteiger partial charge in [-0.25, -0.2) is 0 Å². The van der Waals surface area contributed by atoms with Crippen LogP contribution in [0.1, 0.15) is 81.1 Å². The number of rotatable bonds is 5. The third-order valence-electron chi connectivity index (χ3n) is 8.19. The van der Waals surface area contributed by atoms with Gasteiger partial charge in [0, 0.05) is 22.2 Å². The summed E-state index contributed by atoms with van der Waals surface area (Å²) in [6, 6.07) is 9.55. The normalized spacial score (nSPS) is 26.8. The summed E-state index contributed by atoms with van der Waals surface area (Å²) in [7, 11) is 0.835. The van der Waals surface area contributed by atoms with Gasteiger partial charge in [-0.05, 0) is 107 Å². The number of nitrogens with zero attached hydrogens (tertiary/aromatic N) is 2. The predicted octanol–water partition coefficient (Wildman–Crippen LogP) is 5.84. The Hall–Kier alpha value is -0.710. The molecule has 1 aromatic carbocycles. The van der Waals surface area contributed by atoms with Gasteiger partial charge < -0.3 is 9.05 Å². The van der Waals surface area contributed by atoms with E-state index in [0.717, 1.165) is 25.7 Å². The van der Waals surface area contributed by atoms with Gasteiger partial charge in [0.15, 0.2) is 0 Å². The van der Waals surface area contributed by atoms with E-state index in [1.807, 2.05) is 30.3 Å². The van der Waals surface area contributed by atoms with E-state index in [1.165, 1.54) is 0 Å². The second-order valence-electron chi connectivity index (χ2n) is 12.5. The van der Waals surface area contributed by atoms with Gasteiger partial charge in [-0.2, -0.15) is 0 Å². The maximum absolute atomic E-state index is 14.5. The molecule has 5 nitrogen and oxygen atoms in total. The molecule has 0 unspecified atom stereocenters. The summed E-state index contributed by atoms with van der Waals surface area (Å²) < 4.78 is 27.6. The van der Waals surface area contributed by atoms with Crippen molar-refractivity contribution in [3.63, 3.8) is 0 Å². The van der Waals surface area contributed by atoms with Gasteiger partial charge in [-0.15, -0.1) is 0 Å². The minimum absolute atomic E-state index is 0.0501. The zero-order valence-electron chi connectivity index (χ0n) is 21.9. The molecule has 3 rings (SSSR count). The molecule has 0 saturated carbocycles. The van der Waals surface area contributed by atoms with Gasteiger partial charge in [0.05, 0.1) is 17.5 Å². The number of hydrogen-bond acceptors (Lipinski definition) is 5. The van der Waals surface area contributed by atoms with Crippen molar-refractivity contribution >= 4 is 12.9 Å². The first-order valence-electron chi connectivity index (χ1n) is 12.0. The van der Waals surface area contributed by atoms with Gasteiger partial charge in [0.2, 0.25) is 0 Å². The second-order valence-corrected chi connectivity index (χ2v) is 14.4. The molecule has 0 spiro atoms. The molecule has 1 aromatic rings. The molecule has 2 heterocycles. The van der Waals surface area contributed by atoms with Crippen LogP contribution in [0.4, 0.5) is 0 Å². The Balaban J connectivity index is 1.91. The number of hydrogen-bond donors (Lipinski definition) is 0. The lowest BCUT2D eigenvalue weighted by atomic mass is 9.79. The van der Waals surface area contributed by atoms with Gasteiger partial charge in [-0.1, -0.05) is 18.2 Å². The molecule has 0 radical (unpaired) electrons. The molecule has 2 fully saturated rings. The first-order valence-corrected chi connectivity index (χ1v) is 13.5. The number of piperidine rings is 2. The van der Waals surface area contributed by atoms with E-state index in [1.54, 1.807) is 0 Å². The van der Waals surface area contributed by atoms with E-state index < -0.39 is 7.60 Å². The van der Waals surface area contributed by atoms with Crippen molar-refractivity contribution in [2.45, 2.75) is 115 Å². The SMILES string of the molecule is CN1C(C)(C)CC(OP(=O)(OC2CC(C)(C)N(C)C(C)(C)C2)c2ccccc2)CC1(C)C. The molecule has 0 aromatic heterocycles. The van der Waals surface area contributed by atoms with Crippen molar-refractivity contribution < 1.29 is 13.6 Å². The minimum Gasteiger partial charge on any atom is -0.302 e. The van der Waals surface area contributed by atoms with E-state index in [9.17, 15) is 4.57 Å². The lowest BCUT2D eigenvalue weighted by molar-refractivity contribution is -0.0735. The molecule has 0 N–H and O–H groups in total. The molecule has 0 atom stereocenters. The summed E-state index contributed by atoms with van der Waals surface area (Å²) >= 11 is 0. The summed E-state index contributed by atoms with van der Waals surface area (Å²) in [5, 5.41) is 0.657. The Labute approximate surface area is 196 Å². The Kier molecular flexibility index (Phi) is 6.88. The Bertz CT molecular complexity index is 766. The molecule has 2 aliphatic rings. The maximum atomic E-state index is 14.5. The van der Waals surface area contributed by atoms with E-state index >= 15 is 0 Å². The number of benzene rings is 1. The fraction of sp³-hybridized carbons (Fsp3) is 0.769. The van der Waals surface area contributed by atoms with Crippen LogP contribution >= 0.6 is 7.60 Å². The third-order valence-corrected chi connectivity index (χ3v) is 10.3. The summed E-state index contributed by atoms with van der Waals surface area (Å²) in [5.74, 6) is 0. The van der Waals surface area contributed by atoms with Crippen LogP contribution in [0.5, 0.6) is 0 Å². The predicted molar refractivity (Wildman–Crippen MR) is 134 cm³/mol. The van der Waals surface area contributed by atoms with E-state index in [-0.39, 0.29) is 34.4 Å². The van der Waals surface area contributed by atoms with Crippen molar-refractivity contribution in [3.8, 4) is 0 Å². The van der Waals surface area contributed by atoms with Gasteiger partial charge in [0.1, 0.15) is 0 Å². The van der Waals surface area contributed by atoms with E-state index in [2.05, 4.69) is 79.3 Å². The average molecular weight is 465 g/mol. The maximum Gasteiger partial charge on any atom is 0.361 e. The zero-order chi connectivity index (χ0) is 24.2. The van der Waals surface area contributed by atoms with E-state index in [4.69, 9.17) is 9.05 Å². The van der Waals surface area contributed by atoms with Gasteiger partial charge in [0.25, 0.3) is 0 Å². The molecular formula is C26H45N2O3P. The highest BCUT2D eigenvalue weighted by molar-refractivity contribution is 7.62. The van der Waals surface area contributed by atoms with Gasteiger partial charge >= 0.3 is 7.60 Å². The minimum atomic E-state index is -3.51. The van der Waals surface area contributed by atoms with Crippen LogP contribution in [0.3, 0.4) is 0 Å². The lowest BCUT2D eigenvalue weighted by Crippen LogP contribution is -2.60. The zero-order valence-corrected chi connectivity index (χ0v) is 22.8. The highest BCUT2D eigenvalue weighted by Gasteiger charge is 2.49. The average Bonchev–Trinajstić information content (AvgIpc) is 2.64. The fourth-order valence-corrected chi connectivity index (χ4v) is 7.77. The van der Waals surface area contributed by atoms with Crippen LogP contribution in [0.25, 0.3) is 0 Å². The monoisotopic (exact) mass is 464 g/mol. The van der Waals surface area contributed by atoms with Crippen molar-refractivity contribution in [1.29, 1.82) is 0 Å². The molecule has 2 aliphatic heterocycles. The summed E-state index contributed by atoms with van der Waals surface area (Å²) in [6.07, 6.45) is 3.01. The third kappa shape index (κ3) is 5.18. The van der Waals surface area contributed by atoms with Crippen LogP contribution in [0.15, 0.2) is 30.3 Å². The quantitative estimate of drug-likeness (QED) is 0.512. The summed E-state index contributed by atoms with van der Waals surface area (Å²) in [6.45, 7) is 17.9. The summed E-state index contributed by atoms with van der Waals surface area (Å²) in [5.41, 5.74) is -0.201. The number of likely N-dealkylation sites (tertiary alicyclic amines) is 2. The standard InChI is InChI=1S/C26H45N2O3P/c1-23(2)16-20(17-24(3,4)27(23)9)30-32(29,22-14-12-11-13-15-22)31-21-18-25(5,6)28(10)26(7,8)19-21/h11-15,20-21H,16-19H2,1-10H3. The van der Waals surface area contributed by atoms with Crippen LogP contribution < -0.4 is 5.30 Å². The summed E-state index contributed by atoms with van der Waals surface area (Å²) in [4.78, 5) is 4.83. The Morgan fingerprint density at radius 3 is 1.31 bits per heavy atom. The van der Waals surface area contributed by atoms with Crippen LogP contribution in [-0.2, 0) is 13.6 Å². The van der Waals surface area contributed by atoms with Crippen molar-refractivity contribution in [2.24, 2.45) is 0 Å². The van der Waals surface area contributed by atoms with Crippen molar-refractivity contribution in [1.82, 2.24) is 9.80 Å². The first-order chi connectivity index (χ1) is 14.5. The van der Waals surface area contributed by atoms with Crippen molar-refractivity contribution in [2.75, 3.05) is 14.1 Å². The molecular weight excluding hydrogens is 419 g/mol. The molecule has 0 bridgehead atoms. The van der Waals surface area contributed by atoms with Gasteiger partial charge in [-0.3, -0.25) is 14.4 Å². The van der Waals surface area contributed by atoms with Crippen molar-refractivity contribution in [3.05, 3.63) is 30.3 Å². The van der Waals surface area contributed by atoms with Crippen LogP contribution in [0.2, 0.25) is 0 Å². The van der Waals surface area contributed by atoms with Crippen LogP contribution in [-0.4, -0.2) is 58.3 Å². The second kappa shape index (κ2) is 8.50. The highest BCUT2D eigenvalue weighted by atomic mass is 31.2. The molecule has 182 valence electrons. The smallest absolute Gasteiger partial charge is 0.302 e. The molecule has 6 heteroatoms. The Morgan fingerprint density at radius 1 is 0.688 bits per heavy atom. The molecule has 32 heavy (non-hydrogen) atoms. The topological polar surface area (TPSA) is 42.0 Å². The highest BCUT2D eigenvalue weighted by Crippen LogP contribution is 2.55. The molecule has 2 saturated heterocycles. The largest absolute Gasteiger partial charge is 0.361 e. The fourth-order valence-electron chi connectivity index (χ4n) is 5.86. The van der Waals surface area contributed by atoms with E-state index in [0.29, 0.717) is 5.30 Å². The molecule has 0 aliphatic carbocycles. The first kappa shape index (κ1) is 25.9.